The van der Waals surface area contributed by atoms with Crippen LogP contribution in [0, 0.1) is 13.8 Å². The number of carbonyl (C=O) groups is 3. The second-order valence-electron chi connectivity index (χ2n) is 7.27. The number of amides is 1. The zero-order chi connectivity index (χ0) is 24.8. The Morgan fingerprint density at radius 3 is 2.32 bits per heavy atom. The Labute approximate surface area is 205 Å². The highest BCUT2D eigenvalue weighted by atomic mass is 32.2. The third-order valence-corrected chi connectivity index (χ3v) is 7.02. The van der Waals surface area contributed by atoms with Crippen molar-refractivity contribution in [3.8, 4) is 11.4 Å². The molecule has 9 nitrogen and oxygen atoms in total. The van der Waals surface area contributed by atoms with Crippen molar-refractivity contribution in [3.05, 3.63) is 45.8 Å². The smallest absolute Gasteiger partial charge is 0.348 e. The highest BCUT2D eigenvalue weighted by Crippen LogP contribution is 2.34. The number of benzene rings is 1. The van der Waals surface area contributed by atoms with Crippen molar-refractivity contribution in [1.82, 2.24) is 14.8 Å². The summed E-state index contributed by atoms with van der Waals surface area (Å²) in [6, 6.07) is 7.94. The first-order valence-corrected chi connectivity index (χ1v) is 12.4. The average Bonchev–Trinajstić information content (AvgIpc) is 3.32. The highest BCUT2D eigenvalue weighted by molar-refractivity contribution is 7.99. The van der Waals surface area contributed by atoms with Gasteiger partial charge in [0, 0.05) is 12.6 Å². The van der Waals surface area contributed by atoms with Crippen LogP contribution in [0.15, 0.2) is 29.4 Å². The molecular formula is C23H26N4O5S2. The number of nitrogens with zero attached hydrogens (tertiary/aromatic N) is 3. The molecule has 0 bridgehead atoms. The van der Waals surface area contributed by atoms with Crippen LogP contribution in [-0.2, 0) is 21.3 Å². The second kappa shape index (κ2) is 11.3. The molecule has 0 saturated carbocycles. The maximum absolute atomic E-state index is 12.7. The number of ether oxygens (including phenoxy) is 2. The van der Waals surface area contributed by atoms with E-state index in [-0.39, 0.29) is 40.3 Å². The molecule has 0 saturated heterocycles. The number of anilines is 1. The maximum atomic E-state index is 12.7. The number of aromatic nitrogens is 3. The minimum Gasteiger partial charge on any atom is -0.462 e. The van der Waals surface area contributed by atoms with Crippen LogP contribution in [-0.4, -0.2) is 51.6 Å². The van der Waals surface area contributed by atoms with Gasteiger partial charge in [0.25, 0.3) is 0 Å². The summed E-state index contributed by atoms with van der Waals surface area (Å²) in [6.07, 6.45) is 0. The quantitative estimate of drug-likeness (QED) is 0.341. The molecule has 0 spiro atoms. The lowest BCUT2D eigenvalue weighted by atomic mass is 10.1. The van der Waals surface area contributed by atoms with Gasteiger partial charge in [0.1, 0.15) is 9.88 Å². The predicted molar refractivity (Wildman–Crippen MR) is 131 cm³/mol. The van der Waals surface area contributed by atoms with Gasteiger partial charge in [0.2, 0.25) is 5.91 Å². The average molecular weight is 503 g/mol. The normalized spacial score (nSPS) is 10.7. The molecular weight excluding hydrogens is 476 g/mol. The van der Waals surface area contributed by atoms with E-state index in [1.807, 2.05) is 42.8 Å². The van der Waals surface area contributed by atoms with Crippen molar-refractivity contribution < 1.29 is 23.9 Å². The molecule has 1 aromatic carbocycles. The Morgan fingerprint density at radius 2 is 1.68 bits per heavy atom. The largest absolute Gasteiger partial charge is 0.462 e. The zero-order valence-electron chi connectivity index (χ0n) is 19.6. The van der Waals surface area contributed by atoms with Crippen LogP contribution >= 0.6 is 23.1 Å². The van der Waals surface area contributed by atoms with Crippen molar-refractivity contribution in [2.45, 2.75) is 32.9 Å². The fourth-order valence-electron chi connectivity index (χ4n) is 3.13. The van der Waals surface area contributed by atoms with E-state index < -0.39 is 11.9 Å². The second-order valence-corrected chi connectivity index (χ2v) is 9.23. The van der Waals surface area contributed by atoms with Crippen molar-refractivity contribution in [3.63, 3.8) is 0 Å². The number of esters is 2. The highest BCUT2D eigenvalue weighted by Gasteiger charge is 2.27. The summed E-state index contributed by atoms with van der Waals surface area (Å²) in [5, 5.41) is 12.0. The van der Waals surface area contributed by atoms with Gasteiger partial charge in [-0.25, -0.2) is 9.59 Å². The number of nitrogens with one attached hydrogen (secondary N) is 1. The number of hydrogen-bond donors (Lipinski definition) is 1. The molecule has 0 unspecified atom stereocenters. The molecule has 2 aromatic heterocycles. The third kappa shape index (κ3) is 5.65. The van der Waals surface area contributed by atoms with Crippen LogP contribution in [0.4, 0.5) is 5.00 Å². The Morgan fingerprint density at radius 1 is 1.03 bits per heavy atom. The maximum Gasteiger partial charge on any atom is 0.348 e. The van der Waals surface area contributed by atoms with E-state index in [0.717, 1.165) is 22.5 Å². The van der Waals surface area contributed by atoms with Gasteiger partial charge >= 0.3 is 11.9 Å². The third-order valence-electron chi connectivity index (χ3n) is 4.82. The molecule has 11 heteroatoms. The first-order valence-electron chi connectivity index (χ1n) is 10.6. The van der Waals surface area contributed by atoms with Gasteiger partial charge in [-0.2, -0.15) is 0 Å². The monoisotopic (exact) mass is 502 g/mol. The van der Waals surface area contributed by atoms with E-state index in [2.05, 4.69) is 15.5 Å². The van der Waals surface area contributed by atoms with E-state index in [1.54, 1.807) is 20.8 Å². The number of thioether (sulfide) groups is 1. The standard InChI is InChI=1S/C23H26N4O5S2/c1-6-31-21(29)17-14(4)18(22(30)32-7-2)34-20(17)24-16(28)12-33-23-26-25-19(27(23)5)15-10-8-13(3)9-11-15/h8-11H,6-7,12H2,1-5H3,(H,24,28). The van der Waals surface area contributed by atoms with E-state index in [1.165, 1.54) is 11.8 Å². The van der Waals surface area contributed by atoms with Gasteiger partial charge in [-0.1, -0.05) is 41.6 Å². The lowest BCUT2D eigenvalue weighted by Gasteiger charge is -2.07. The van der Waals surface area contributed by atoms with Gasteiger partial charge in [0.05, 0.1) is 24.5 Å². The van der Waals surface area contributed by atoms with Crippen molar-refractivity contribution in [2.24, 2.45) is 7.05 Å². The Hall–Kier alpha value is -3.18. The molecule has 0 radical (unpaired) electrons. The molecule has 2 heterocycles. The molecule has 34 heavy (non-hydrogen) atoms. The van der Waals surface area contributed by atoms with Crippen LogP contribution in [0.3, 0.4) is 0 Å². The van der Waals surface area contributed by atoms with Crippen molar-refractivity contribution >= 4 is 45.9 Å². The van der Waals surface area contributed by atoms with Crippen LogP contribution < -0.4 is 5.32 Å². The summed E-state index contributed by atoms with van der Waals surface area (Å²) in [7, 11) is 1.84. The number of thiophene rings is 1. The lowest BCUT2D eigenvalue weighted by molar-refractivity contribution is -0.113. The molecule has 3 rings (SSSR count). The Bertz CT molecular complexity index is 1200. The predicted octanol–water partition coefficient (Wildman–Crippen LogP) is 4.24. The zero-order valence-corrected chi connectivity index (χ0v) is 21.3. The Kier molecular flexibility index (Phi) is 8.46. The van der Waals surface area contributed by atoms with Crippen LogP contribution in [0.25, 0.3) is 11.4 Å². The first-order chi connectivity index (χ1) is 16.3. The molecule has 180 valence electrons. The number of hydrogen-bond acceptors (Lipinski definition) is 9. The minimum absolute atomic E-state index is 0.0355. The van der Waals surface area contributed by atoms with Gasteiger partial charge < -0.3 is 19.4 Å². The van der Waals surface area contributed by atoms with Crippen LogP contribution in [0.5, 0.6) is 0 Å². The molecule has 0 aliphatic carbocycles. The van der Waals surface area contributed by atoms with Gasteiger partial charge in [0.15, 0.2) is 11.0 Å². The molecule has 0 fully saturated rings. The first kappa shape index (κ1) is 25.4. The summed E-state index contributed by atoms with van der Waals surface area (Å²) < 4.78 is 12.0. The van der Waals surface area contributed by atoms with E-state index >= 15 is 0 Å². The Balaban J connectivity index is 1.75. The number of carbonyl (C=O) groups excluding carboxylic acids is 3. The molecule has 0 aliphatic rings. The fourth-order valence-corrected chi connectivity index (χ4v) is 4.95. The van der Waals surface area contributed by atoms with Crippen LogP contribution in [0.1, 0.15) is 45.0 Å². The van der Waals surface area contributed by atoms with E-state index in [9.17, 15) is 14.4 Å². The minimum atomic E-state index is -0.606. The SMILES string of the molecule is CCOC(=O)c1sc(NC(=O)CSc2nnc(-c3ccc(C)cc3)n2C)c(C(=O)OCC)c1C. The summed E-state index contributed by atoms with van der Waals surface area (Å²) in [5.74, 6) is -0.778. The van der Waals surface area contributed by atoms with E-state index in [0.29, 0.717) is 16.5 Å². The van der Waals surface area contributed by atoms with Gasteiger partial charge in [-0.3, -0.25) is 4.79 Å². The fraction of sp³-hybridized carbons (Fsp3) is 0.348. The molecule has 1 amide bonds. The summed E-state index contributed by atoms with van der Waals surface area (Å²) >= 11 is 2.21. The summed E-state index contributed by atoms with van der Waals surface area (Å²) in [5.41, 5.74) is 2.65. The topological polar surface area (TPSA) is 112 Å². The molecule has 3 aromatic rings. The summed E-state index contributed by atoms with van der Waals surface area (Å²) in [4.78, 5) is 37.7. The lowest BCUT2D eigenvalue weighted by Crippen LogP contribution is -2.16. The van der Waals surface area contributed by atoms with E-state index in [4.69, 9.17) is 9.47 Å². The van der Waals surface area contributed by atoms with Gasteiger partial charge in [-0.05, 0) is 33.3 Å². The van der Waals surface area contributed by atoms with Crippen molar-refractivity contribution in [1.29, 1.82) is 0 Å². The van der Waals surface area contributed by atoms with Crippen LogP contribution in [0.2, 0.25) is 0 Å². The molecule has 0 aliphatic heterocycles. The number of aryl methyl sites for hydroxylation is 1. The van der Waals surface area contributed by atoms with Gasteiger partial charge in [-0.15, -0.1) is 21.5 Å². The van der Waals surface area contributed by atoms with Crippen molar-refractivity contribution in [2.75, 3.05) is 24.3 Å². The summed E-state index contributed by atoms with van der Waals surface area (Å²) in [6.45, 7) is 7.40. The molecule has 0 atom stereocenters. The molecule has 1 N–H and O–H groups in total. The number of rotatable bonds is 9.